The first kappa shape index (κ1) is 15.6. The van der Waals surface area contributed by atoms with Gasteiger partial charge in [-0.2, -0.15) is 0 Å². The van der Waals surface area contributed by atoms with Crippen molar-refractivity contribution in [3.8, 4) is 0 Å². The zero-order chi connectivity index (χ0) is 14.6. The molecule has 0 fully saturated rings. The summed E-state index contributed by atoms with van der Waals surface area (Å²) in [6.45, 7) is 3.91. The standard InChI is InChI=1S/C14H21FN2O2/c1-10-7-11(15)5-6-12(10)13(18)16-8-14(2,19)9-17(3)4/h5-7,19H,8-9H2,1-4H3,(H,16,18). The van der Waals surface area contributed by atoms with Crippen LogP contribution in [0.25, 0.3) is 0 Å². The van der Waals surface area contributed by atoms with Crippen molar-refractivity contribution in [3.05, 3.63) is 35.1 Å². The zero-order valence-electron chi connectivity index (χ0n) is 11.8. The van der Waals surface area contributed by atoms with Crippen LogP contribution in [0, 0.1) is 12.7 Å². The van der Waals surface area contributed by atoms with E-state index in [1.807, 2.05) is 19.0 Å². The fraction of sp³-hybridized carbons (Fsp3) is 0.500. The molecule has 1 unspecified atom stereocenters. The van der Waals surface area contributed by atoms with Gasteiger partial charge in [-0.25, -0.2) is 4.39 Å². The number of rotatable bonds is 5. The minimum atomic E-state index is -1.01. The highest BCUT2D eigenvalue weighted by molar-refractivity contribution is 5.95. The van der Waals surface area contributed by atoms with Crippen molar-refractivity contribution in [2.24, 2.45) is 0 Å². The van der Waals surface area contributed by atoms with Crippen LogP contribution in [0.1, 0.15) is 22.8 Å². The second-order valence-corrected chi connectivity index (χ2v) is 5.38. The van der Waals surface area contributed by atoms with Crippen LogP contribution < -0.4 is 5.32 Å². The molecule has 0 bridgehead atoms. The van der Waals surface area contributed by atoms with Crippen LogP contribution in [0.3, 0.4) is 0 Å². The number of nitrogens with one attached hydrogen (secondary N) is 1. The predicted molar refractivity (Wildman–Crippen MR) is 72.6 cm³/mol. The summed E-state index contributed by atoms with van der Waals surface area (Å²) in [6, 6.07) is 4.01. The fourth-order valence-electron chi connectivity index (χ4n) is 1.98. The lowest BCUT2D eigenvalue weighted by Crippen LogP contribution is -2.47. The van der Waals surface area contributed by atoms with Crippen molar-refractivity contribution in [2.75, 3.05) is 27.2 Å². The zero-order valence-corrected chi connectivity index (χ0v) is 11.8. The van der Waals surface area contributed by atoms with Crippen LogP contribution in [-0.2, 0) is 0 Å². The third kappa shape index (κ3) is 4.96. The lowest BCUT2D eigenvalue weighted by atomic mass is 10.1. The average Bonchev–Trinajstić information content (AvgIpc) is 2.24. The van der Waals surface area contributed by atoms with Gasteiger partial charge in [0, 0.05) is 18.7 Å². The molecule has 0 saturated heterocycles. The van der Waals surface area contributed by atoms with Gasteiger partial charge >= 0.3 is 0 Å². The van der Waals surface area contributed by atoms with Gasteiger partial charge in [-0.05, 0) is 51.7 Å². The molecular weight excluding hydrogens is 247 g/mol. The molecule has 1 amide bonds. The van der Waals surface area contributed by atoms with E-state index in [0.29, 0.717) is 17.7 Å². The van der Waals surface area contributed by atoms with Gasteiger partial charge < -0.3 is 15.3 Å². The fourth-order valence-corrected chi connectivity index (χ4v) is 1.98. The molecular formula is C14H21FN2O2. The first-order chi connectivity index (χ1) is 8.71. The van der Waals surface area contributed by atoms with Crippen molar-refractivity contribution in [1.29, 1.82) is 0 Å². The van der Waals surface area contributed by atoms with Crippen molar-refractivity contribution >= 4 is 5.91 Å². The number of hydrogen-bond acceptors (Lipinski definition) is 3. The number of carbonyl (C=O) groups is 1. The number of aryl methyl sites for hydroxylation is 1. The number of amides is 1. The number of benzene rings is 1. The van der Waals surface area contributed by atoms with E-state index in [4.69, 9.17) is 0 Å². The first-order valence-corrected chi connectivity index (χ1v) is 6.13. The molecule has 0 saturated carbocycles. The van der Waals surface area contributed by atoms with Gasteiger partial charge in [-0.1, -0.05) is 0 Å². The van der Waals surface area contributed by atoms with Crippen molar-refractivity contribution < 1.29 is 14.3 Å². The van der Waals surface area contributed by atoms with E-state index in [1.54, 1.807) is 13.8 Å². The SMILES string of the molecule is Cc1cc(F)ccc1C(=O)NCC(C)(O)CN(C)C. The molecule has 0 aliphatic carbocycles. The second kappa shape index (κ2) is 6.12. The van der Waals surface area contributed by atoms with E-state index in [0.717, 1.165) is 0 Å². The third-order valence-corrected chi connectivity index (χ3v) is 2.72. The van der Waals surface area contributed by atoms with E-state index in [9.17, 15) is 14.3 Å². The minimum absolute atomic E-state index is 0.140. The smallest absolute Gasteiger partial charge is 0.251 e. The molecule has 1 atom stereocenters. The van der Waals surface area contributed by atoms with Crippen molar-refractivity contribution in [3.63, 3.8) is 0 Å². The molecule has 2 N–H and O–H groups in total. The molecule has 1 rings (SSSR count). The van der Waals surface area contributed by atoms with E-state index in [-0.39, 0.29) is 18.3 Å². The van der Waals surface area contributed by atoms with E-state index in [1.165, 1.54) is 18.2 Å². The Hall–Kier alpha value is -1.46. The quantitative estimate of drug-likeness (QED) is 0.843. The van der Waals surface area contributed by atoms with Crippen molar-refractivity contribution in [2.45, 2.75) is 19.4 Å². The molecule has 19 heavy (non-hydrogen) atoms. The summed E-state index contributed by atoms with van der Waals surface area (Å²) in [5.41, 5.74) is -0.0144. The van der Waals surface area contributed by atoms with Crippen LogP contribution in [0.5, 0.6) is 0 Å². The number of nitrogens with zero attached hydrogens (tertiary/aromatic N) is 1. The molecule has 0 aliphatic rings. The summed E-state index contributed by atoms with van der Waals surface area (Å²) in [5, 5.41) is 12.7. The Labute approximate surface area is 113 Å². The van der Waals surface area contributed by atoms with Crippen LogP contribution >= 0.6 is 0 Å². The van der Waals surface area contributed by atoms with Crippen molar-refractivity contribution in [1.82, 2.24) is 10.2 Å². The van der Waals surface area contributed by atoms with Crippen LogP contribution in [0.15, 0.2) is 18.2 Å². The van der Waals surface area contributed by atoms with Gasteiger partial charge in [0.1, 0.15) is 5.82 Å². The molecule has 1 aromatic carbocycles. The highest BCUT2D eigenvalue weighted by atomic mass is 19.1. The largest absolute Gasteiger partial charge is 0.387 e. The number of hydrogen-bond donors (Lipinski definition) is 2. The molecule has 4 nitrogen and oxygen atoms in total. The molecule has 0 spiro atoms. The number of likely N-dealkylation sites (N-methyl/N-ethyl adjacent to an activating group) is 1. The van der Waals surface area contributed by atoms with Gasteiger partial charge in [0.2, 0.25) is 0 Å². The van der Waals surface area contributed by atoms with Gasteiger partial charge in [0.05, 0.1) is 5.60 Å². The Bertz CT molecular complexity index is 459. The topological polar surface area (TPSA) is 52.6 Å². The molecule has 0 aromatic heterocycles. The van der Waals surface area contributed by atoms with Crippen LogP contribution in [0.4, 0.5) is 4.39 Å². The Morgan fingerprint density at radius 2 is 2.11 bits per heavy atom. The summed E-state index contributed by atoms with van der Waals surface area (Å²) in [4.78, 5) is 13.8. The van der Waals surface area contributed by atoms with Crippen LogP contribution in [-0.4, -0.2) is 48.7 Å². The average molecular weight is 268 g/mol. The Kier molecular flexibility index (Phi) is 5.03. The Morgan fingerprint density at radius 1 is 1.47 bits per heavy atom. The van der Waals surface area contributed by atoms with Gasteiger partial charge in [-0.15, -0.1) is 0 Å². The number of aliphatic hydroxyl groups is 1. The van der Waals surface area contributed by atoms with Gasteiger partial charge in [0.15, 0.2) is 0 Å². The van der Waals surface area contributed by atoms with Gasteiger partial charge in [0.25, 0.3) is 5.91 Å². The maximum absolute atomic E-state index is 13.0. The minimum Gasteiger partial charge on any atom is -0.387 e. The van der Waals surface area contributed by atoms with Gasteiger partial charge in [-0.3, -0.25) is 4.79 Å². The summed E-state index contributed by atoms with van der Waals surface area (Å²) in [7, 11) is 3.70. The molecule has 0 aliphatic heterocycles. The third-order valence-electron chi connectivity index (χ3n) is 2.72. The summed E-state index contributed by atoms with van der Waals surface area (Å²) >= 11 is 0. The Balaban J connectivity index is 2.65. The van der Waals surface area contributed by atoms with Crippen LogP contribution in [0.2, 0.25) is 0 Å². The molecule has 0 heterocycles. The molecule has 1 aromatic rings. The monoisotopic (exact) mass is 268 g/mol. The number of halogens is 1. The highest BCUT2D eigenvalue weighted by Gasteiger charge is 2.22. The predicted octanol–water partition coefficient (Wildman–Crippen LogP) is 1.18. The molecule has 0 radical (unpaired) electrons. The first-order valence-electron chi connectivity index (χ1n) is 6.13. The maximum atomic E-state index is 13.0. The second-order valence-electron chi connectivity index (χ2n) is 5.38. The maximum Gasteiger partial charge on any atom is 0.251 e. The summed E-state index contributed by atoms with van der Waals surface area (Å²) in [6.07, 6.45) is 0. The molecule has 106 valence electrons. The van der Waals surface area contributed by atoms with E-state index in [2.05, 4.69) is 5.32 Å². The Morgan fingerprint density at radius 3 is 2.63 bits per heavy atom. The van der Waals surface area contributed by atoms with E-state index >= 15 is 0 Å². The summed E-state index contributed by atoms with van der Waals surface area (Å²) in [5.74, 6) is -0.676. The molecule has 5 heteroatoms. The number of carbonyl (C=O) groups excluding carboxylic acids is 1. The lowest BCUT2D eigenvalue weighted by molar-refractivity contribution is 0.0326. The highest BCUT2D eigenvalue weighted by Crippen LogP contribution is 2.10. The summed E-state index contributed by atoms with van der Waals surface area (Å²) < 4.78 is 13.0. The lowest BCUT2D eigenvalue weighted by Gasteiger charge is -2.27. The normalized spacial score (nSPS) is 14.3. The van der Waals surface area contributed by atoms with E-state index < -0.39 is 5.60 Å².